The lowest BCUT2D eigenvalue weighted by atomic mass is 10.1. The number of piperazine rings is 1. The van der Waals surface area contributed by atoms with Crippen molar-refractivity contribution < 1.29 is 22.4 Å². The van der Waals surface area contributed by atoms with E-state index in [0.29, 0.717) is 0 Å². The predicted octanol–water partition coefficient (Wildman–Crippen LogP) is 0.965. The maximum absolute atomic E-state index is 13.3. The molecule has 27 heavy (non-hydrogen) atoms. The van der Waals surface area contributed by atoms with Gasteiger partial charge in [0.1, 0.15) is 5.82 Å². The number of hydrogen-bond acceptors (Lipinski definition) is 4. The smallest absolute Gasteiger partial charge is 0.243 e. The second kappa shape index (κ2) is 8.35. The van der Waals surface area contributed by atoms with Gasteiger partial charge in [0.2, 0.25) is 21.8 Å². The van der Waals surface area contributed by atoms with E-state index in [0.717, 1.165) is 31.7 Å². The molecule has 3 rings (SSSR count). The maximum atomic E-state index is 13.3. The first-order chi connectivity index (χ1) is 12.9. The standard InChI is InChI=1S/C18H24FN3O4S/c19-15-6-3-7-16(12-15)27(25,26)22-10-8-21(9-11-22)17(23)13-20-18(24)14-4-1-2-5-14/h3,6-7,12,14H,1-2,4-5,8-11,13H2,(H,20,24). The van der Waals surface area contributed by atoms with E-state index in [1.54, 1.807) is 4.90 Å². The minimum absolute atomic E-state index is 0.00561. The van der Waals surface area contributed by atoms with E-state index < -0.39 is 15.8 Å². The summed E-state index contributed by atoms with van der Waals surface area (Å²) in [6.45, 7) is 0.702. The van der Waals surface area contributed by atoms with Crippen LogP contribution in [0.4, 0.5) is 4.39 Å². The van der Waals surface area contributed by atoms with Crippen LogP contribution >= 0.6 is 0 Å². The van der Waals surface area contributed by atoms with Gasteiger partial charge in [-0.2, -0.15) is 4.31 Å². The molecule has 0 atom stereocenters. The molecule has 1 saturated carbocycles. The Bertz CT molecular complexity index is 801. The average molecular weight is 397 g/mol. The molecule has 1 aromatic rings. The van der Waals surface area contributed by atoms with Crippen LogP contribution in [0.3, 0.4) is 0 Å². The minimum atomic E-state index is -3.78. The molecule has 0 aromatic heterocycles. The molecule has 1 aliphatic carbocycles. The molecule has 7 nitrogen and oxygen atoms in total. The van der Waals surface area contributed by atoms with Crippen LogP contribution in [0, 0.1) is 11.7 Å². The van der Waals surface area contributed by atoms with Crippen LogP contribution in [0.5, 0.6) is 0 Å². The molecular formula is C18H24FN3O4S. The summed E-state index contributed by atoms with van der Waals surface area (Å²) in [5, 5.41) is 2.69. The SMILES string of the molecule is O=C(NCC(=O)N1CCN(S(=O)(=O)c2cccc(F)c2)CC1)C1CCCC1. The maximum Gasteiger partial charge on any atom is 0.243 e. The molecule has 1 aromatic carbocycles. The number of benzene rings is 1. The lowest BCUT2D eigenvalue weighted by Gasteiger charge is -2.34. The van der Waals surface area contributed by atoms with Crippen molar-refractivity contribution in [1.29, 1.82) is 0 Å². The first-order valence-corrected chi connectivity index (χ1v) is 10.6. The Labute approximate surface area is 158 Å². The zero-order valence-corrected chi connectivity index (χ0v) is 15.9. The fraction of sp³-hybridized carbons (Fsp3) is 0.556. The van der Waals surface area contributed by atoms with E-state index >= 15 is 0 Å². The van der Waals surface area contributed by atoms with E-state index in [4.69, 9.17) is 0 Å². The Balaban J connectivity index is 1.50. The highest BCUT2D eigenvalue weighted by atomic mass is 32.2. The lowest BCUT2D eigenvalue weighted by Crippen LogP contribution is -2.52. The van der Waals surface area contributed by atoms with Crippen molar-refractivity contribution in [3.8, 4) is 0 Å². The zero-order chi connectivity index (χ0) is 19.4. The molecule has 1 aliphatic heterocycles. The van der Waals surface area contributed by atoms with Crippen molar-refractivity contribution in [1.82, 2.24) is 14.5 Å². The fourth-order valence-electron chi connectivity index (χ4n) is 3.56. The van der Waals surface area contributed by atoms with E-state index in [1.165, 1.54) is 22.5 Å². The van der Waals surface area contributed by atoms with Crippen molar-refractivity contribution in [2.75, 3.05) is 32.7 Å². The van der Waals surface area contributed by atoms with Gasteiger partial charge in [-0.15, -0.1) is 0 Å². The Hall–Kier alpha value is -2.00. The third kappa shape index (κ3) is 4.65. The number of nitrogens with one attached hydrogen (secondary N) is 1. The number of carbonyl (C=O) groups is 2. The van der Waals surface area contributed by atoms with Gasteiger partial charge >= 0.3 is 0 Å². The molecule has 1 N–H and O–H groups in total. The van der Waals surface area contributed by atoms with Crippen molar-refractivity contribution in [3.63, 3.8) is 0 Å². The fourth-order valence-corrected chi connectivity index (χ4v) is 5.02. The van der Waals surface area contributed by atoms with Crippen molar-refractivity contribution >= 4 is 21.8 Å². The number of rotatable bonds is 5. The van der Waals surface area contributed by atoms with Gasteiger partial charge in [-0.25, -0.2) is 12.8 Å². The van der Waals surface area contributed by atoms with Crippen molar-refractivity contribution in [2.45, 2.75) is 30.6 Å². The Morgan fingerprint density at radius 3 is 2.41 bits per heavy atom. The topological polar surface area (TPSA) is 86.8 Å². The molecular weight excluding hydrogens is 373 g/mol. The summed E-state index contributed by atoms with van der Waals surface area (Å²) in [6, 6.07) is 4.89. The summed E-state index contributed by atoms with van der Waals surface area (Å²) in [4.78, 5) is 25.7. The number of nitrogens with zero attached hydrogens (tertiary/aromatic N) is 2. The Kier molecular flexibility index (Phi) is 6.11. The predicted molar refractivity (Wildman–Crippen MR) is 96.7 cm³/mol. The Morgan fingerprint density at radius 1 is 1.11 bits per heavy atom. The third-order valence-electron chi connectivity index (χ3n) is 5.17. The van der Waals surface area contributed by atoms with Crippen LogP contribution in [0.25, 0.3) is 0 Å². The van der Waals surface area contributed by atoms with Gasteiger partial charge in [-0.1, -0.05) is 18.9 Å². The highest BCUT2D eigenvalue weighted by Gasteiger charge is 2.30. The quantitative estimate of drug-likeness (QED) is 0.802. The summed E-state index contributed by atoms with van der Waals surface area (Å²) in [5.41, 5.74) is 0. The third-order valence-corrected chi connectivity index (χ3v) is 7.06. The molecule has 148 valence electrons. The molecule has 9 heteroatoms. The normalized spacial score (nSPS) is 19.2. The molecule has 2 amide bonds. The van der Waals surface area contributed by atoms with Gasteiger partial charge in [0.15, 0.2) is 0 Å². The number of amides is 2. The molecule has 1 heterocycles. The van der Waals surface area contributed by atoms with Gasteiger partial charge in [-0.3, -0.25) is 9.59 Å². The van der Waals surface area contributed by atoms with Gasteiger partial charge in [0.05, 0.1) is 11.4 Å². The van der Waals surface area contributed by atoms with Gasteiger partial charge in [0, 0.05) is 32.1 Å². The second-order valence-corrected chi connectivity index (χ2v) is 8.88. The first kappa shape index (κ1) is 19.8. The second-order valence-electron chi connectivity index (χ2n) is 6.94. The van der Waals surface area contributed by atoms with Crippen molar-refractivity contribution in [2.24, 2.45) is 5.92 Å². The molecule has 2 fully saturated rings. The summed E-state index contributed by atoms with van der Waals surface area (Å²) in [6.07, 6.45) is 3.84. The summed E-state index contributed by atoms with van der Waals surface area (Å²) < 4.78 is 39.7. The van der Waals surface area contributed by atoms with E-state index in [-0.39, 0.29) is 55.4 Å². The number of halogens is 1. The van der Waals surface area contributed by atoms with E-state index in [9.17, 15) is 22.4 Å². The van der Waals surface area contributed by atoms with Crippen molar-refractivity contribution in [3.05, 3.63) is 30.1 Å². The molecule has 0 spiro atoms. The van der Waals surface area contributed by atoms with Gasteiger partial charge in [-0.05, 0) is 31.0 Å². The molecule has 1 saturated heterocycles. The summed E-state index contributed by atoms with van der Waals surface area (Å²) in [5.74, 6) is -0.897. The molecule has 0 radical (unpaired) electrons. The highest BCUT2D eigenvalue weighted by molar-refractivity contribution is 7.89. The molecule has 0 unspecified atom stereocenters. The minimum Gasteiger partial charge on any atom is -0.347 e. The van der Waals surface area contributed by atoms with Crippen LogP contribution in [0.1, 0.15) is 25.7 Å². The van der Waals surface area contributed by atoms with Crippen LogP contribution in [-0.2, 0) is 19.6 Å². The number of carbonyl (C=O) groups excluding carboxylic acids is 2. The van der Waals surface area contributed by atoms with Crippen LogP contribution in [-0.4, -0.2) is 62.2 Å². The van der Waals surface area contributed by atoms with Gasteiger partial charge < -0.3 is 10.2 Å². The number of sulfonamides is 1. The van der Waals surface area contributed by atoms with Crippen LogP contribution in [0.15, 0.2) is 29.2 Å². The van der Waals surface area contributed by atoms with Crippen LogP contribution in [0.2, 0.25) is 0 Å². The largest absolute Gasteiger partial charge is 0.347 e. The van der Waals surface area contributed by atoms with E-state index in [2.05, 4.69) is 5.32 Å². The Morgan fingerprint density at radius 2 is 1.78 bits per heavy atom. The monoisotopic (exact) mass is 397 g/mol. The molecule has 0 bridgehead atoms. The first-order valence-electron chi connectivity index (χ1n) is 9.19. The summed E-state index contributed by atoms with van der Waals surface area (Å²) >= 11 is 0. The molecule has 2 aliphatic rings. The number of hydrogen-bond donors (Lipinski definition) is 1. The summed E-state index contributed by atoms with van der Waals surface area (Å²) in [7, 11) is -3.78. The van der Waals surface area contributed by atoms with Crippen LogP contribution < -0.4 is 5.32 Å². The average Bonchev–Trinajstić information content (AvgIpc) is 3.21. The zero-order valence-electron chi connectivity index (χ0n) is 15.1. The highest BCUT2D eigenvalue weighted by Crippen LogP contribution is 2.24. The van der Waals surface area contributed by atoms with Gasteiger partial charge in [0.25, 0.3) is 0 Å². The van der Waals surface area contributed by atoms with E-state index in [1.807, 2.05) is 0 Å². The lowest BCUT2D eigenvalue weighted by molar-refractivity contribution is -0.134.